The van der Waals surface area contributed by atoms with Gasteiger partial charge in [0.25, 0.3) is 0 Å². The number of unbranched alkanes of at least 4 members (excludes halogenated alkanes) is 10. The van der Waals surface area contributed by atoms with Gasteiger partial charge >= 0.3 is 6.16 Å². The third-order valence-electron chi connectivity index (χ3n) is 10.8. The predicted molar refractivity (Wildman–Crippen MR) is 226 cm³/mol. The molecule has 0 N–H and O–H groups in total. The number of hydrogen-bond acceptors (Lipinski definition) is 3. The van der Waals surface area contributed by atoms with Crippen molar-refractivity contribution in [3.63, 3.8) is 0 Å². The first-order valence-corrected chi connectivity index (χ1v) is 35.9. The highest BCUT2D eigenvalue weighted by Gasteiger charge is 2.29. The number of carbonyl (C=O) groups excluding carboxylic acids is 1. The Morgan fingerprint density at radius 1 is 0.458 bits per heavy atom. The van der Waals surface area contributed by atoms with Gasteiger partial charge in [-0.05, 0) is 24.9 Å². The molecule has 0 rings (SSSR count). The van der Waals surface area contributed by atoms with Crippen LogP contribution >= 0.6 is 0 Å². The van der Waals surface area contributed by atoms with Crippen LogP contribution < -0.4 is 0 Å². The monoisotopic (exact) mass is 775 g/mol. The van der Waals surface area contributed by atoms with Gasteiger partial charge in [-0.25, -0.2) is 4.79 Å². The molecule has 0 saturated heterocycles. The topological polar surface area (TPSA) is 38.8 Å². The van der Waals surface area contributed by atoms with Crippen molar-refractivity contribution < 1.29 is 18.0 Å². The van der Waals surface area contributed by atoms with Gasteiger partial charge in [-0.3, -0.25) is 0 Å². The molecule has 284 valence electrons. The van der Waals surface area contributed by atoms with Crippen LogP contribution in [0.4, 0.5) is 9.18 Å². The molecular weight excluding hydrogens is 694 g/mol. The highest BCUT2D eigenvalue weighted by Crippen LogP contribution is 2.30. The summed E-state index contributed by atoms with van der Waals surface area (Å²) in [5.74, 6) is 0. The molecule has 0 saturated carbocycles. The van der Waals surface area contributed by atoms with Crippen LogP contribution in [0.1, 0.15) is 89.9 Å². The van der Waals surface area contributed by atoms with Crippen LogP contribution in [0.25, 0.3) is 0 Å². The minimum Gasteiger partial charge on any atom is -0.421 e. The Morgan fingerprint density at radius 3 is 1.02 bits per heavy atom. The van der Waals surface area contributed by atoms with Gasteiger partial charge in [-0.1, -0.05) is 178 Å². The van der Waals surface area contributed by atoms with E-state index >= 15 is 0 Å². The second kappa shape index (κ2) is 28.2. The van der Waals surface area contributed by atoms with Gasteiger partial charge in [0.2, 0.25) is 19.5 Å². The van der Waals surface area contributed by atoms with E-state index in [1.54, 1.807) is 14.2 Å². The molecule has 0 aromatic heterocycles. The Morgan fingerprint density at radius 2 is 0.729 bits per heavy atom. The molecule has 0 fully saturated rings. The summed E-state index contributed by atoms with van der Waals surface area (Å²) in [5, 5.41) is 0. The summed E-state index contributed by atoms with van der Waals surface area (Å²) in [7, 11) is 0.00619. The van der Waals surface area contributed by atoms with Crippen LogP contribution in [0.15, 0.2) is 0 Å². The van der Waals surface area contributed by atoms with Gasteiger partial charge < -0.3 is 13.8 Å². The maximum Gasteiger partial charge on any atom is 0.400 e. The number of hydrogen-bond donors (Lipinski definition) is 0. The van der Waals surface area contributed by atoms with Crippen LogP contribution in [-0.2, 0) is 8.85 Å². The van der Waals surface area contributed by atoms with Crippen molar-refractivity contribution >= 4 is 58.0 Å². The molecule has 4 radical (unpaired) electrons. The Bertz CT molecular complexity index is 732. The van der Waals surface area contributed by atoms with Crippen LogP contribution in [-0.4, -0.2) is 90.2 Å². The Hall–Kier alpha value is 0.621. The van der Waals surface area contributed by atoms with Gasteiger partial charge in [0.1, 0.15) is 0 Å². The predicted octanol–water partition coefficient (Wildman–Crippen LogP) is 13.0. The number of rotatable bonds is 34. The van der Waals surface area contributed by atoms with Crippen molar-refractivity contribution in [2.24, 2.45) is 0 Å². The highest BCUT2D eigenvalue weighted by molar-refractivity contribution is 6.83. The van der Waals surface area contributed by atoms with E-state index in [0.29, 0.717) is 32.6 Å². The third kappa shape index (κ3) is 30.3. The average Bonchev–Trinajstić information content (AvgIpc) is 3.00. The molecule has 0 heterocycles. The largest absolute Gasteiger partial charge is 0.421 e. The number of amides is 1. The number of halogens is 1. The van der Waals surface area contributed by atoms with Gasteiger partial charge in [-0.2, -0.15) is 0 Å². The normalized spacial score (nSPS) is 13.0. The zero-order valence-corrected chi connectivity index (χ0v) is 39.9. The van der Waals surface area contributed by atoms with Gasteiger partial charge in [0.05, 0.1) is 0 Å². The second-order valence-electron chi connectivity index (χ2n) is 18.0. The smallest absolute Gasteiger partial charge is 0.400 e. The zero-order valence-electron chi connectivity index (χ0n) is 33.9. The minimum absolute atomic E-state index is 0.605. The molecule has 4 nitrogen and oxygen atoms in total. The number of carbonyl (C=O) groups is 1. The summed E-state index contributed by atoms with van der Waals surface area (Å²) in [4.78, 5) is 13.4. The van der Waals surface area contributed by atoms with E-state index in [1.807, 2.05) is 0 Å². The quantitative estimate of drug-likeness (QED) is 0.0283. The van der Waals surface area contributed by atoms with Crippen LogP contribution in [0.2, 0.25) is 113 Å². The van der Waals surface area contributed by atoms with Crippen molar-refractivity contribution in [1.29, 1.82) is 0 Å². The van der Waals surface area contributed by atoms with E-state index in [2.05, 4.69) is 52.4 Å². The lowest BCUT2D eigenvalue weighted by atomic mass is 10.1. The standard InChI is InChI=1S/C37H82FNO3Si6/c1-41-43-27-19-15-11-13-17-21-29-45(3,4)33-35-47(7,8)31-23-25-39(37(38)40)26-24-32-48(9,10)36-34-46(5,6)30-22-18-14-12-16-20-28-44-42-2/h11-36H2,1-10H3. The van der Waals surface area contributed by atoms with Crippen LogP contribution in [0, 0.1) is 0 Å². The van der Waals surface area contributed by atoms with Crippen molar-refractivity contribution in [1.82, 2.24) is 4.90 Å². The maximum absolute atomic E-state index is 14.1. The van der Waals surface area contributed by atoms with Gasteiger partial charge in [-0.15, -0.1) is 4.39 Å². The van der Waals surface area contributed by atoms with E-state index in [0.717, 1.165) is 12.8 Å². The summed E-state index contributed by atoms with van der Waals surface area (Å²) >= 11 is 0. The van der Waals surface area contributed by atoms with Crippen LogP contribution in [0.3, 0.4) is 0 Å². The molecule has 1 amide bonds. The van der Waals surface area contributed by atoms with Crippen molar-refractivity contribution in [2.75, 3.05) is 27.3 Å². The van der Waals surface area contributed by atoms with Crippen LogP contribution in [0.5, 0.6) is 0 Å². The molecule has 0 aromatic rings. The molecular formula is C37H82FNO3Si6. The lowest BCUT2D eigenvalue weighted by Gasteiger charge is -2.30. The average molecular weight is 777 g/mol. The first kappa shape index (κ1) is 48.6. The highest BCUT2D eigenvalue weighted by atomic mass is 28.3. The van der Waals surface area contributed by atoms with Crippen molar-refractivity contribution in [3.8, 4) is 0 Å². The Balaban J connectivity index is 4.27. The van der Waals surface area contributed by atoms with E-state index in [1.165, 1.54) is 142 Å². The lowest BCUT2D eigenvalue weighted by Crippen LogP contribution is -2.35. The molecule has 0 aromatic carbocycles. The Kier molecular flexibility index (Phi) is 28.5. The molecule has 48 heavy (non-hydrogen) atoms. The molecule has 0 aliphatic rings. The van der Waals surface area contributed by atoms with Gasteiger partial charge in [0.15, 0.2) is 0 Å². The summed E-state index contributed by atoms with van der Waals surface area (Å²) in [6, 6.07) is 13.5. The Labute approximate surface area is 309 Å². The molecule has 0 bridgehead atoms. The summed E-state index contributed by atoms with van der Waals surface area (Å²) in [5.41, 5.74) is 0. The fraction of sp³-hybridized carbons (Fsp3) is 0.973. The molecule has 0 atom stereocenters. The minimum atomic E-state index is -1.33. The fourth-order valence-electron chi connectivity index (χ4n) is 6.86. The SMILES string of the molecule is CO[Si]CCCCCCCC[Si](C)(C)CC[Si](C)(C)CCCN(CCC[Si](C)(C)CC[Si](C)(C)CCCCCCCC[Si]OC)C(=O)F. The van der Waals surface area contributed by atoms with E-state index < -0.39 is 38.5 Å². The first-order chi connectivity index (χ1) is 22.5. The summed E-state index contributed by atoms with van der Waals surface area (Å²) < 4.78 is 24.4. The van der Waals surface area contributed by atoms with Crippen molar-refractivity contribution in [2.45, 2.75) is 203 Å². The maximum atomic E-state index is 14.1. The molecule has 11 heteroatoms. The molecule has 0 aliphatic carbocycles. The summed E-state index contributed by atoms with van der Waals surface area (Å²) in [6.45, 7) is 21.7. The van der Waals surface area contributed by atoms with E-state index in [4.69, 9.17) is 8.85 Å². The molecule has 0 spiro atoms. The fourth-order valence-corrected chi connectivity index (χ4v) is 24.5. The van der Waals surface area contributed by atoms with E-state index in [-0.39, 0.29) is 0 Å². The lowest BCUT2D eigenvalue weighted by molar-refractivity contribution is 0.174. The van der Waals surface area contributed by atoms with Crippen molar-refractivity contribution in [3.05, 3.63) is 0 Å². The molecule has 0 aliphatic heterocycles. The summed E-state index contributed by atoms with van der Waals surface area (Å²) in [6.07, 6.45) is 17.2. The zero-order chi connectivity index (χ0) is 36.4. The van der Waals surface area contributed by atoms with Gasteiger partial charge in [0, 0.05) is 59.6 Å². The van der Waals surface area contributed by atoms with E-state index in [9.17, 15) is 9.18 Å². The number of nitrogens with zero attached hydrogens (tertiary/aromatic N) is 1. The molecule has 0 unspecified atom stereocenters. The second-order valence-corrected chi connectivity index (χ2v) is 41.8. The first-order valence-electron chi connectivity index (χ1n) is 20.0. The third-order valence-corrected chi connectivity index (χ3v) is 26.8.